The van der Waals surface area contributed by atoms with Crippen LogP contribution in [0, 0.1) is 5.92 Å². The molecule has 29 heavy (non-hydrogen) atoms. The lowest BCUT2D eigenvalue weighted by atomic mass is 10.0. The number of H-pyrrole nitrogens is 1. The maximum Gasteiger partial charge on any atom is 0.222 e. The predicted molar refractivity (Wildman–Crippen MR) is 114 cm³/mol. The van der Waals surface area contributed by atoms with E-state index in [0.717, 1.165) is 46.7 Å². The second kappa shape index (κ2) is 7.91. The van der Waals surface area contributed by atoms with Crippen LogP contribution in [0.3, 0.4) is 0 Å². The fourth-order valence-electron chi connectivity index (χ4n) is 3.81. The topological polar surface area (TPSA) is 86.9 Å². The summed E-state index contributed by atoms with van der Waals surface area (Å²) in [5, 5.41) is 6.17. The molecule has 0 fully saturated rings. The smallest absolute Gasteiger partial charge is 0.222 e. The molecule has 0 spiro atoms. The first kappa shape index (κ1) is 18.9. The van der Waals surface area contributed by atoms with E-state index in [2.05, 4.69) is 27.5 Å². The summed E-state index contributed by atoms with van der Waals surface area (Å²) in [6.07, 6.45) is 3.92. The third kappa shape index (κ3) is 4.06. The van der Waals surface area contributed by atoms with Crippen molar-refractivity contribution < 1.29 is 9.59 Å². The third-order valence-electron chi connectivity index (χ3n) is 5.17. The number of aromatic amines is 1. The molecular weight excluding hydrogens is 364 g/mol. The lowest BCUT2D eigenvalue weighted by Crippen LogP contribution is -2.07. The summed E-state index contributed by atoms with van der Waals surface area (Å²) >= 11 is 0. The number of carbonyl (C=O) groups is 2. The second-order valence-corrected chi connectivity index (χ2v) is 7.60. The van der Waals surface area contributed by atoms with Gasteiger partial charge < -0.3 is 15.6 Å². The second-order valence-electron chi connectivity index (χ2n) is 7.60. The Morgan fingerprint density at radius 1 is 1.21 bits per heavy atom. The van der Waals surface area contributed by atoms with E-state index < -0.39 is 0 Å². The van der Waals surface area contributed by atoms with Gasteiger partial charge >= 0.3 is 0 Å². The molecule has 0 saturated carbocycles. The van der Waals surface area contributed by atoms with Gasteiger partial charge in [0.2, 0.25) is 5.91 Å². The number of hydrogen-bond donors (Lipinski definition) is 3. The molecule has 1 aliphatic carbocycles. The Bertz CT molecular complexity index is 1060. The highest BCUT2D eigenvalue weighted by atomic mass is 16.1. The average Bonchev–Trinajstić information content (AvgIpc) is 2.97. The lowest BCUT2D eigenvalue weighted by Gasteiger charge is -2.11. The summed E-state index contributed by atoms with van der Waals surface area (Å²) in [4.78, 5) is 32.1. The Labute approximate surface area is 169 Å². The molecular formula is C23H24N4O2. The Morgan fingerprint density at radius 2 is 2.00 bits per heavy atom. The lowest BCUT2D eigenvalue weighted by molar-refractivity contribution is -0.114. The first-order valence-electron chi connectivity index (χ1n) is 9.85. The molecule has 1 amide bonds. The fourth-order valence-corrected chi connectivity index (χ4v) is 3.81. The summed E-state index contributed by atoms with van der Waals surface area (Å²) in [6, 6.07) is 13.5. The molecule has 148 valence electrons. The van der Waals surface area contributed by atoms with E-state index in [1.807, 2.05) is 42.5 Å². The maximum absolute atomic E-state index is 13.0. The van der Waals surface area contributed by atoms with Gasteiger partial charge in [-0.25, -0.2) is 4.98 Å². The third-order valence-corrected chi connectivity index (χ3v) is 5.17. The molecule has 0 unspecified atom stereocenters. The summed E-state index contributed by atoms with van der Waals surface area (Å²) in [6.45, 7) is 3.63. The number of rotatable bonds is 4. The molecule has 0 bridgehead atoms. The molecule has 0 saturated heterocycles. The molecule has 1 aromatic carbocycles. The molecule has 6 heteroatoms. The van der Waals surface area contributed by atoms with E-state index in [4.69, 9.17) is 0 Å². The SMILES string of the molecule is CC(=O)Nc1cc(-c2[nH]c3c(c2Nc2ccccc2)C(=O)CC[C@@H](C)C3)ccn1. The van der Waals surface area contributed by atoms with Crippen LogP contribution in [0.5, 0.6) is 0 Å². The van der Waals surface area contributed by atoms with Crippen molar-refractivity contribution in [3.63, 3.8) is 0 Å². The first-order chi connectivity index (χ1) is 14.0. The number of benzene rings is 1. The molecule has 0 radical (unpaired) electrons. The number of ketones is 1. The van der Waals surface area contributed by atoms with Crippen LogP contribution in [0.2, 0.25) is 0 Å². The molecule has 1 aliphatic rings. The summed E-state index contributed by atoms with van der Waals surface area (Å²) in [5.41, 5.74) is 5.09. The maximum atomic E-state index is 13.0. The van der Waals surface area contributed by atoms with Crippen molar-refractivity contribution in [2.24, 2.45) is 5.92 Å². The zero-order valence-corrected chi connectivity index (χ0v) is 16.6. The minimum atomic E-state index is -0.177. The molecule has 4 rings (SSSR count). The number of para-hydroxylation sites is 1. The van der Waals surface area contributed by atoms with Gasteiger partial charge in [0.1, 0.15) is 5.82 Å². The van der Waals surface area contributed by atoms with E-state index in [0.29, 0.717) is 18.2 Å². The van der Waals surface area contributed by atoms with Gasteiger partial charge in [0.15, 0.2) is 5.78 Å². The van der Waals surface area contributed by atoms with E-state index >= 15 is 0 Å². The van der Waals surface area contributed by atoms with Crippen molar-refractivity contribution in [3.8, 4) is 11.3 Å². The van der Waals surface area contributed by atoms with Crippen molar-refractivity contribution in [1.29, 1.82) is 0 Å². The molecule has 2 aromatic heterocycles. The quantitative estimate of drug-likeness (QED) is 0.553. The van der Waals surface area contributed by atoms with Gasteiger partial charge in [-0.05, 0) is 43.0 Å². The Morgan fingerprint density at radius 3 is 2.76 bits per heavy atom. The van der Waals surface area contributed by atoms with Crippen LogP contribution in [0.1, 0.15) is 42.7 Å². The van der Waals surface area contributed by atoms with Crippen LogP contribution < -0.4 is 10.6 Å². The number of Topliss-reactive ketones (excluding diaryl/α,β-unsaturated/α-hetero) is 1. The Hall–Kier alpha value is -3.41. The zero-order valence-electron chi connectivity index (χ0n) is 16.6. The number of aromatic nitrogens is 2. The van der Waals surface area contributed by atoms with E-state index in [1.54, 1.807) is 6.20 Å². The minimum Gasteiger partial charge on any atom is -0.356 e. The predicted octanol–water partition coefficient (Wildman–Crippen LogP) is 4.93. The number of anilines is 3. The van der Waals surface area contributed by atoms with Crippen LogP contribution in [0.15, 0.2) is 48.7 Å². The summed E-state index contributed by atoms with van der Waals surface area (Å²) in [5.74, 6) is 0.888. The van der Waals surface area contributed by atoms with Crippen LogP contribution in [-0.2, 0) is 11.2 Å². The number of hydrogen-bond acceptors (Lipinski definition) is 4. The molecule has 1 atom stereocenters. The van der Waals surface area contributed by atoms with Crippen molar-refractivity contribution in [1.82, 2.24) is 9.97 Å². The van der Waals surface area contributed by atoms with Crippen LogP contribution in [0.25, 0.3) is 11.3 Å². The average molecular weight is 388 g/mol. The van der Waals surface area contributed by atoms with E-state index in [9.17, 15) is 9.59 Å². The number of fused-ring (bicyclic) bond motifs is 1. The highest BCUT2D eigenvalue weighted by Gasteiger charge is 2.28. The summed E-state index contributed by atoms with van der Waals surface area (Å²) < 4.78 is 0. The van der Waals surface area contributed by atoms with Gasteiger partial charge in [-0.2, -0.15) is 0 Å². The van der Waals surface area contributed by atoms with E-state index in [1.165, 1.54) is 6.92 Å². The fraction of sp³-hybridized carbons (Fsp3) is 0.261. The highest BCUT2D eigenvalue weighted by molar-refractivity contribution is 6.07. The minimum absolute atomic E-state index is 0.154. The Kier molecular flexibility index (Phi) is 5.16. The molecule has 3 N–H and O–H groups in total. The van der Waals surface area contributed by atoms with Gasteiger partial charge in [0.25, 0.3) is 0 Å². The van der Waals surface area contributed by atoms with Crippen LogP contribution in [-0.4, -0.2) is 21.7 Å². The van der Waals surface area contributed by atoms with Crippen molar-refractivity contribution in [2.75, 3.05) is 10.6 Å². The van der Waals surface area contributed by atoms with Gasteiger partial charge in [-0.15, -0.1) is 0 Å². The number of amides is 1. The van der Waals surface area contributed by atoms with Crippen molar-refractivity contribution in [3.05, 3.63) is 59.9 Å². The monoisotopic (exact) mass is 388 g/mol. The van der Waals surface area contributed by atoms with Crippen LogP contribution >= 0.6 is 0 Å². The molecule has 2 heterocycles. The van der Waals surface area contributed by atoms with Gasteiger partial charge in [0.05, 0.1) is 16.9 Å². The molecule has 6 nitrogen and oxygen atoms in total. The first-order valence-corrected chi connectivity index (χ1v) is 9.85. The number of pyridine rings is 1. The Balaban J connectivity index is 1.85. The standard InChI is InChI=1S/C23H24N4O2/c1-14-8-9-19(29)21-18(12-14)27-22(23(21)26-17-6-4-3-5-7-17)16-10-11-24-20(13-16)25-15(2)28/h3-7,10-11,13-14,26-27H,8-9,12H2,1-2H3,(H,24,25,28)/t14-/m1/s1. The number of nitrogens with zero attached hydrogens (tertiary/aromatic N) is 1. The normalized spacial score (nSPS) is 16.1. The van der Waals surface area contributed by atoms with Crippen molar-refractivity contribution in [2.45, 2.75) is 33.1 Å². The van der Waals surface area contributed by atoms with Gasteiger partial charge in [-0.3, -0.25) is 9.59 Å². The van der Waals surface area contributed by atoms with Crippen molar-refractivity contribution >= 4 is 28.9 Å². The highest BCUT2D eigenvalue weighted by Crippen LogP contribution is 2.39. The number of nitrogens with one attached hydrogen (secondary N) is 3. The largest absolute Gasteiger partial charge is 0.356 e. The van der Waals surface area contributed by atoms with Gasteiger partial charge in [-0.1, -0.05) is 25.1 Å². The van der Waals surface area contributed by atoms with Crippen LogP contribution in [0.4, 0.5) is 17.2 Å². The molecule has 0 aliphatic heterocycles. The number of carbonyl (C=O) groups excluding carboxylic acids is 2. The van der Waals surface area contributed by atoms with E-state index in [-0.39, 0.29) is 11.7 Å². The summed E-state index contributed by atoms with van der Waals surface area (Å²) in [7, 11) is 0. The molecule has 3 aromatic rings. The van der Waals surface area contributed by atoms with Gasteiger partial charge in [0, 0.05) is 36.5 Å². The zero-order chi connectivity index (χ0) is 20.4.